The lowest BCUT2D eigenvalue weighted by atomic mass is 10.1. The summed E-state index contributed by atoms with van der Waals surface area (Å²) in [4.78, 5) is 2.05. The Morgan fingerprint density at radius 2 is 1.80 bits per heavy atom. The second-order valence-electron chi connectivity index (χ2n) is 4.50. The van der Waals surface area contributed by atoms with E-state index in [0.29, 0.717) is 17.7 Å². The lowest BCUT2D eigenvalue weighted by Gasteiger charge is -2.20. The van der Waals surface area contributed by atoms with Gasteiger partial charge < -0.3 is 10.6 Å². The van der Waals surface area contributed by atoms with Crippen LogP contribution in [0.15, 0.2) is 42.5 Å². The van der Waals surface area contributed by atoms with Gasteiger partial charge in [0.15, 0.2) is 0 Å². The van der Waals surface area contributed by atoms with Crippen LogP contribution in [0.5, 0.6) is 0 Å². The monoisotopic (exact) mass is 292 g/mol. The molecule has 0 aliphatic rings. The zero-order chi connectivity index (χ0) is 14.7. The van der Waals surface area contributed by atoms with E-state index in [2.05, 4.69) is 0 Å². The molecule has 2 rings (SSSR count). The molecule has 0 saturated heterocycles. The third kappa shape index (κ3) is 3.30. The largest absolute Gasteiger partial charge is 0.389 e. The summed E-state index contributed by atoms with van der Waals surface area (Å²) < 4.78 is 26.7. The number of hydrogen-bond acceptors (Lipinski definition) is 2. The highest BCUT2D eigenvalue weighted by Gasteiger charge is 2.09. The molecule has 0 atom stereocenters. The van der Waals surface area contributed by atoms with Gasteiger partial charge in [-0.05, 0) is 42.5 Å². The Labute approximate surface area is 121 Å². The molecule has 0 heterocycles. The van der Waals surface area contributed by atoms with Gasteiger partial charge in [-0.25, -0.2) is 8.78 Å². The maximum Gasteiger partial charge on any atom is 0.128 e. The van der Waals surface area contributed by atoms with E-state index in [0.717, 1.165) is 5.69 Å². The average Bonchev–Trinajstić information content (AvgIpc) is 2.41. The van der Waals surface area contributed by atoms with Crippen molar-refractivity contribution in [1.29, 1.82) is 0 Å². The summed E-state index contributed by atoms with van der Waals surface area (Å²) in [5, 5.41) is 0. The average molecular weight is 292 g/mol. The van der Waals surface area contributed by atoms with Crippen molar-refractivity contribution in [2.75, 3.05) is 11.9 Å². The van der Waals surface area contributed by atoms with Crippen LogP contribution in [-0.4, -0.2) is 12.0 Å². The zero-order valence-electron chi connectivity index (χ0n) is 10.9. The van der Waals surface area contributed by atoms with E-state index in [1.807, 2.05) is 4.90 Å². The fourth-order valence-corrected chi connectivity index (χ4v) is 2.02. The minimum Gasteiger partial charge on any atom is -0.389 e. The molecule has 0 fully saturated rings. The number of halogens is 2. The van der Waals surface area contributed by atoms with Gasteiger partial charge >= 0.3 is 0 Å². The summed E-state index contributed by atoms with van der Waals surface area (Å²) in [7, 11) is 1.81. The Balaban J connectivity index is 2.22. The molecule has 2 N–H and O–H groups in total. The van der Waals surface area contributed by atoms with Gasteiger partial charge in [0, 0.05) is 30.4 Å². The molecular formula is C15H14F2N2S. The molecule has 2 aromatic carbocycles. The second-order valence-corrected chi connectivity index (χ2v) is 4.94. The Morgan fingerprint density at radius 3 is 2.40 bits per heavy atom. The summed E-state index contributed by atoms with van der Waals surface area (Å²) in [5.74, 6) is -0.622. The molecule has 2 nitrogen and oxygen atoms in total. The number of rotatable bonds is 4. The first kappa shape index (κ1) is 14.4. The Bertz CT molecular complexity index is 626. The zero-order valence-corrected chi connectivity index (χ0v) is 11.8. The quantitative estimate of drug-likeness (QED) is 0.877. The number of hydrogen-bond donors (Lipinski definition) is 1. The van der Waals surface area contributed by atoms with E-state index >= 15 is 0 Å². The van der Waals surface area contributed by atoms with Crippen molar-refractivity contribution in [2.45, 2.75) is 6.54 Å². The fourth-order valence-electron chi connectivity index (χ4n) is 1.89. The van der Waals surface area contributed by atoms with Crippen molar-refractivity contribution in [2.24, 2.45) is 5.73 Å². The minimum absolute atomic E-state index is 0.232. The molecule has 20 heavy (non-hydrogen) atoms. The smallest absolute Gasteiger partial charge is 0.128 e. The summed E-state index contributed by atoms with van der Waals surface area (Å²) in [5.41, 5.74) is 7.46. The highest BCUT2D eigenvalue weighted by atomic mass is 32.1. The molecule has 0 aromatic heterocycles. The maximum atomic E-state index is 13.8. The third-order valence-corrected chi connectivity index (χ3v) is 3.24. The molecule has 0 spiro atoms. The number of nitrogens with zero attached hydrogens (tertiary/aromatic N) is 1. The van der Waals surface area contributed by atoms with E-state index in [9.17, 15) is 8.78 Å². The van der Waals surface area contributed by atoms with Crippen LogP contribution in [-0.2, 0) is 6.54 Å². The molecule has 0 unspecified atom stereocenters. The van der Waals surface area contributed by atoms with Gasteiger partial charge in [0.05, 0.1) is 0 Å². The van der Waals surface area contributed by atoms with Crippen molar-refractivity contribution in [3.05, 3.63) is 65.2 Å². The van der Waals surface area contributed by atoms with Crippen molar-refractivity contribution < 1.29 is 8.78 Å². The van der Waals surface area contributed by atoms with Crippen molar-refractivity contribution in [3.8, 4) is 0 Å². The summed E-state index contributed by atoms with van der Waals surface area (Å²) in [6.45, 7) is 0.341. The molecule has 2 aromatic rings. The molecular weight excluding hydrogens is 278 g/mol. The molecule has 0 aliphatic carbocycles. The van der Waals surface area contributed by atoms with Crippen LogP contribution in [0.25, 0.3) is 0 Å². The number of anilines is 1. The molecule has 0 radical (unpaired) electrons. The number of nitrogens with two attached hydrogens (primary N) is 1. The van der Waals surface area contributed by atoms with Gasteiger partial charge in [-0.15, -0.1) is 0 Å². The lowest BCUT2D eigenvalue weighted by molar-refractivity contribution is 0.607. The molecule has 0 aliphatic heterocycles. The Morgan fingerprint density at radius 1 is 1.15 bits per heavy atom. The van der Waals surface area contributed by atoms with Gasteiger partial charge in [-0.2, -0.15) is 0 Å². The molecule has 0 amide bonds. The van der Waals surface area contributed by atoms with Crippen molar-refractivity contribution in [3.63, 3.8) is 0 Å². The highest BCUT2D eigenvalue weighted by Crippen LogP contribution is 2.18. The SMILES string of the molecule is CN(Cc1cc(C(N)=S)ccc1F)c1ccc(F)cc1. The number of thiocarbonyl (C=S) groups is 1. The normalized spacial score (nSPS) is 10.3. The van der Waals surface area contributed by atoms with Crippen LogP contribution in [0.1, 0.15) is 11.1 Å². The van der Waals surface area contributed by atoms with Crippen LogP contribution in [0, 0.1) is 11.6 Å². The Hall–Kier alpha value is -2.01. The van der Waals surface area contributed by atoms with Crippen molar-refractivity contribution >= 4 is 22.9 Å². The van der Waals surface area contributed by atoms with Crippen LogP contribution < -0.4 is 10.6 Å². The topological polar surface area (TPSA) is 29.3 Å². The first-order chi connectivity index (χ1) is 9.47. The summed E-state index contributed by atoms with van der Waals surface area (Å²) in [6.07, 6.45) is 0. The third-order valence-electron chi connectivity index (χ3n) is 3.01. The second kappa shape index (κ2) is 5.96. The minimum atomic E-state index is -0.320. The molecule has 104 valence electrons. The van der Waals surface area contributed by atoms with E-state index in [4.69, 9.17) is 18.0 Å². The van der Waals surface area contributed by atoms with Crippen LogP contribution in [0.3, 0.4) is 0 Å². The fraction of sp³-hybridized carbons (Fsp3) is 0.133. The lowest BCUT2D eigenvalue weighted by Crippen LogP contribution is -2.18. The van der Waals surface area contributed by atoms with E-state index in [1.165, 1.54) is 18.2 Å². The van der Waals surface area contributed by atoms with Gasteiger partial charge in [0.25, 0.3) is 0 Å². The van der Waals surface area contributed by atoms with Crippen LogP contribution in [0.2, 0.25) is 0 Å². The van der Waals surface area contributed by atoms with Crippen LogP contribution >= 0.6 is 12.2 Å². The molecule has 0 saturated carbocycles. The van der Waals surface area contributed by atoms with Crippen LogP contribution in [0.4, 0.5) is 14.5 Å². The molecule has 0 bridgehead atoms. The van der Waals surface area contributed by atoms with Gasteiger partial charge in [-0.3, -0.25) is 0 Å². The molecule has 5 heteroatoms. The standard InChI is InChI=1S/C15H14F2N2S/c1-19(13-5-3-12(16)4-6-13)9-11-8-10(15(18)20)2-7-14(11)17/h2-8H,9H2,1H3,(H2,18,20). The Kier molecular flexibility index (Phi) is 4.29. The summed E-state index contributed by atoms with van der Waals surface area (Å²) >= 11 is 4.89. The van der Waals surface area contributed by atoms with E-state index < -0.39 is 0 Å². The van der Waals surface area contributed by atoms with Gasteiger partial charge in [0.1, 0.15) is 16.6 Å². The van der Waals surface area contributed by atoms with Crippen molar-refractivity contribution in [1.82, 2.24) is 0 Å². The summed E-state index contributed by atoms with van der Waals surface area (Å²) in [6, 6.07) is 10.6. The van der Waals surface area contributed by atoms with E-state index in [1.54, 1.807) is 31.3 Å². The van der Waals surface area contributed by atoms with Gasteiger partial charge in [-0.1, -0.05) is 12.2 Å². The first-order valence-electron chi connectivity index (χ1n) is 6.02. The highest BCUT2D eigenvalue weighted by molar-refractivity contribution is 7.80. The predicted molar refractivity (Wildman–Crippen MR) is 80.8 cm³/mol. The predicted octanol–water partition coefficient (Wildman–Crippen LogP) is 3.24. The van der Waals surface area contributed by atoms with E-state index in [-0.39, 0.29) is 16.6 Å². The van der Waals surface area contributed by atoms with Gasteiger partial charge in [0.2, 0.25) is 0 Å². The first-order valence-corrected chi connectivity index (χ1v) is 6.43. The maximum absolute atomic E-state index is 13.8. The number of benzene rings is 2.